The van der Waals surface area contributed by atoms with Gasteiger partial charge in [-0.25, -0.2) is 0 Å². The lowest BCUT2D eigenvalue weighted by atomic mass is 9.65. The monoisotopic (exact) mass is 451 g/mol. The maximum atomic E-state index is 13.5. The maximum absolute atomic E-state index is 13.5. The van der Waals surface area contributed by atoms with Gasteiger partial charge in [0, 0.05) is 43.7 Å². The van der Waals surface area contributed by atoms with E-state index in [9.17, 15) is 19.2 Å². The minimum Gasteiger partial charge on any atom is -0.328 e. The Labute approximate surface area is 192 Å². The molecule has 3 saturated heterocycles. The third kappa shape index (κ3) is 3.02. The average Bonchev–Trinajstić information content (AvgIpc) is 3.34. The highest BCUT2D eigenvalue weighted by atomic mass is 16.2. The lowest BCUT2D eigenvalue weighted by molar-refractivity contribution is -0.136. The standard InChI is InChI=1S/C24H29N5O4/c25-15-11-24(12-15)18-5-2-8-27(18)9-10-28(24)13-14-3-1-4-16-20(14)23(33)29(22(16)32)17-6-7-19(30)26-21(17)31/h1,3-4,15,17-18H,2,5-13,25H2,(H,26,30,31). The first-order chi connectivity index (χ1) is 15.9. The largest absolute Gasteiger partial charge is 0.328 e. The number of nitrogens with two attached hydrogens (primary N) is 1. The number of fused-ring (bicyclic) bond motifs is 3. The molecule has 4 aliphatic heterocycles. The highest BCUT2D eigenvalue weighted by Gasteiger charge is 2.57. The van der Waals surface area contributed by atoms with Crippen molar-refractivity contribution in [1.82, 2.24) is 20.0 Å². The minimum atomic E-state index is -0.944. The lowest BCUT2D eigenvalue weighted by Crippen LogP contribution is -2.73. The molecule has 1 aliphatic carbocycles. The van der Waals surface area contributed by atoms with Crippen LogP contribution >= 0.6 is 0 Å². The van der Waals surface area contributed by atoms with E-state index in [4.69, 9.17) is 5.73 Å². The molecule has 0 bridgehead atoms. The zero-order valence-corrected chi connectivity index (χ0v) is 18.6. The van der Waals surface area contributed by atoms with Crippen molar-refractivity contribution in [3.8, 4) is 0 Å². The number of nitrogens with zero attached hydrogens (tertiary/aromatic N) is 3. The molecule has 33 heavy (non-hydrogen) atoms. The van der Waals surface area contributed by atoms with Gasteiger partial charge in [0.05, 0.1) is 11.1 Å². The second-order valence-electron chi connectivity index (χ2n) is 10.2. The van der Waals surface area contributed by atoms with Crippen LogP contribution in [-0.2, 0) is 16.1 Å². The Balaban J connectivity index is 1.30. The van der Waals surface area contributed by atoms with E-state index < -0.39 is 23.8 Å². The van der Waals surface area contributed by atoms with Crippen LogP contribution < -0.4 is 11.1 Å². The number of benzene rings is 1. The van der Waals surface area contributed by atoms with Crippen LogP contribution in [0.4, 0.5) is 0 Å². The molecule has 174 valence electrons. The molecule has 4 heterocycles. The predicted molar refractivity (Wildman–Crippen MR) is 118 cm³/mol. The molecule has 9 heteroatoms. The lowest BCUT2D eigenvalue weighted by Gasteiger charge is -2.61. The van der Waals surface area contributed by atoms with Crippen molar-refractivity contribution in [2.45, 2.75) is 68.7 Å². The van der Waals surface area contributed by atoms with Crippen molar-refractivity contribution in [1.29, 1.82) is 0 Å². The summed E-state index contributed by atoms with van der Waals surface area (Å²) in [7, 11) is 0. The van der Waals surface area contributed by atoms with Crippen molar-refractivity contribution < 1.29 is 19.2 Å². The fourth-order valence-corrected chi connectivity index (χ4v) is 6.92. The Kier molecular flexibility index (Phi) is 4.73. The van der Waals surface area contributed by atoms with Crippen LogP contribution in [0.25, 0.3) is 0 Å². The van der Waals surface area contributed by atoms with Crippen LogP contribution in [0, 0.1) is 0 Å². The van der Waals surface area contributed by atoms with Crippen LogP contribution in [0.5, 0.6) is 0 Å². The molecule has 1 saturated carbocycles. The van der Waals surface area contributed by atoms with E-state index in [-0.39, 0.29) is 30.3 Å². The fraction of sp³-hybridized carbons (Fsp3) is 0.583. The third-order valence-electron chi connectivity index (χ3n) is 8.42. The molecule has 5 aliphatic rings. The summed E-state index contributed by atoms with van der Waals surface area (Å²) < 4.78 is 0. The van der Waals surface area contributed by atoms with Gasteiger partial charge in [-0.1, -0.05) is 12.1 Å². The van der Waals surface area contributed by atoms with Gasteiger partial charge in [0.1, 0.15) is 6.04 Å². The molecule has 1 aromatic rings. The molecule has 0 aromatic heterocycles. The Bertz CT molecular complexity index is 1060. The van der Waals surface area contributed by atoms with Crippen molar-refractivity contribution in [3.05, 3.63) is 34.9 Å². The summed E-state index contributed by atoms with van der Waals surface area (Å²) in [5.41, 5.74) is 7.87. The first kappa shape index (κ1) is 20.9. The van der Waals surface area contributed by atoms with Gasteiger partial charge in [-0.3, -0.25) is 39.2 Å². The molecule has 2 atom stereocenters. The molecule has 6 rings (SSSR count). The Morgan fingerprint density at radius 2 is 1.85 bits per heavy atom. The number of nitrogens with one attached hydrogen (secondary N) is 1. The molecular formula is C24H29N5O4. The summed E-state index contributed by atoms with van der Waals surface area (Å²) in [5.74, 6) is -1.84. The van der Waals surface area contributed by atoms with Gasteiger partial charge < -0.3 is 5.73 Å². The zero-order chi connectivity index (χ0) is 22.9. The number of piperazine rings is 1. The smallest absolute Gasteiger partial charge is 0.262 e. The summed E-state index contributed by atoms with van der Waals surface area (Å²) in [6, 6.07) is 5.17. The quantitative estimate of drug-likeness (QED) is 0.632. The SMILES string of the molecule is NC1CC2(C1)C1CCCN1CCN2Cc1cccc2c1C(=O)N(C1CCC(=O)NC1=O)C2=O. The Hall–Kier alpha value is -2.62. The predicted octanol–water partition coefficient (Wildman–Crippen LogP) is 0.228. The number of hydrogen-bond donors (Lipinski definition) is 2. The number of carbonyl (C=O) groups excluding carboxylic acids is 4. The zero-order valence-electron chi connectivity index (χ0n) is 18.6. The van der Waals surface area contributed by atoms with Crippen molar-refractivity contribution in [2.24, 2.45) is 5.73 Å². The first-order valence-electron chi connectivity index (χ1n) is 12.0. The number of piperidine rings is 1. The van der Waals surface area contributed by atoms with Crippen molar-refractivity contribution in [2.75, 3.05) is 19.6 Å². The van der Waals surface area contributed by atoms with Gasteiger partial charge in [-0.2, -0.15) is 0 Å². The Morgan fingerprint density at radius 1 is 1.03 bits per heavy atom. The third-order valence-corrected chi connectivity index (χ3v) is 8.42. The second-order valence-corrected chi connectivity index (χ2v) is 10.2. The number of hydrogen-bond acceptors (Lipinski definition) is 7. The van der Waals surface area contributed by atoms with E-state index in [0.29, 0.717) is 23.7 Å². The van der Waals surface area contributed by atoms with Gasteiger partial charge >= 0.3 is 0 Å². The Morgan fingerprint density at radius 3 is 2.61 bits per heavy atom. The number of carbonyl (C=O) groups is 4. The van der Waals surface area contributed by atoms with E-state index in [1.807, 2.05) is 12.1 Å². The van der Waals surface area contributed by atoms with Gasteiger partial charge in [0.25, 0.3) is 11.8 Å². The highest BCUT2D eigenvalue weighted by molar-refractivity contribution is 6.24. The number of imide groups is 2. The molecule has 4 amide bonds. The molecule has 1 spiro atoms. The van der Waals surface area contributed by atoms with Gasteiger partial charge in [-0.05, 0) is 50.3 Å². The van der Waals surface area contributed by atoms with Gasteiger partial charge in [-0.15, -0.1) is 0 Å². The molecule has 9 nitrogen and oxygen atoms in total. The molecule has 0 radical (unpaired) electrons. The molecule has 3 N–H and O–H groups in total. The number of rotatable bonds is 3. The van der Waals surface area contributed by atoms with Gasteiger partial charge in [0.15, 0.2) is 0 Å². The molecule has 1 aromatic carbocycles. The van der Waals surface area contributed by atoms with E-state index in [0.717, 1.165) is 42.9 Å². The fourth-order valence-electron chi connectivity index (χ4n) is 6.92. The first-order valence-corrected chi connectivity index (χ1v) is 12.0. The summed E-state index contributed by atoms with van der Waals surface area (Å²) in [6.07, 6.45) is 4.58. The average molecular weight is 452 g/mol. The van der Waals surface area contributed by atoms with Crippen molar-refractivity contribution in [3.63, 3.8) is 0 Å². The van der Waals surface area contributed by atoms with E-state index in [2.05, 4.69) is 15.1 Å². The van der Waals surface area contributed by atoms with Crippen LogP contribution in [0.3, 0.4) is 0 Å². The van der Waals surface area contributed by atoms with Crippen molar-refractivity contribution >= 4 is 23.6 Å². The van der Waals surface area contributed by atoms with E-state index in [1.165, 1.54) is 12.8 Å². The summed E-state index contributed by atoms with van der Waals surface area (Å²) in [5, 5.41) is 2.26. The van der Waals surface area contributed by atoms with Crippen LogP contribution in [-0.4, -0.2) is 81.6 Å². The van der Waals surface area contributed by atoms with Crippen LogP contribution in [0.15, 0.2) is 18.2 Å². The normalized spacial score (nSPS) is 34.5. The topological polar surface area (TPSA) is 116 Å². The molecule has 2 unspecified atom stereocenters. The van der Waals surface area contributed by atoms with Crippen LogP contribution in [0.2, 0.25) is 0 Å². The molecular weight excluding hydrogens is 422 g/mol. The van der Waals surface area contributed by atoms with Gasteiger partial charge in [0.2, 0.25) is 11.8 Å². The highest BCUT2D eigenvalue weighted by Crippen LogP contribution is 2.48. The summed E-state index contributed by atoms with van der Waals surface area (Å²) >= 11 is 0. The second kappa shape index (κ2) is 7.44. The summed E-state index contributed by atoms with van der Waals surface area (Å²) in [4.78, 5) is 56.7. The minimum absolute atomic E-state index is 0.0336. The van der Waals surface area contributed by atoms with Crippen LogP contribution in [0.1, 0.15) is 64.8 Å². The van der Waals surface area contributed by atoms with E-state index >= 15 is 0 Å². The maximum Gasteiger partial charge on any atom is 0.262 e. The molecule has 4 fully saturated rings. The van der Waals surface area contributed by atoms with E-state index in [1.54, 1.807) is 6.07 Å². The number of amides is 4. The summed E-state index contributed by atoms with van der Waals surface area (Å²) in [6.45, 7) is 3.64.